The van der Waals surface area contributed by atoms with Gasteiger partial charge >= 0.3 is 6.03 Å². The lowest BCUT2D eigenvalue weighted by molar-refractivity contribution is 0.210. The number of amides is 2. The van der Waals surface area contributed by atoms with Crippen LogP contribution in [0, 0.1) is 0 Å². The highest BCUT2D eigenvalue weighted by Crippen LogP contribution is 2.30. The molecule has 0 aliphatic rings. The molecule has 0 atom stereocenters. The number of hydrogen-bond acceptors (Lipinski definition) is 4. The van der Waals surface area contributed by atoms with Crippen molar-refractivity contribution in [3.05, 3.63) is 74.4 Å². The summed E-state index contributed by atoms with van der Waals surface area (Å²) in [5.74, 6) is 1.33. The van der Waals surface area contributed by atoms with Gasteiger partial charge in [0.05, 0.1) is 36.5 Å². The number of nitrogens with zero attached hydrogens (tertiary/aromatic N) is 1. The van der Waals surface area contributed by atoms with E-state index in [9.17, 15) is 4.79 Å². The largest absolute Gasteiger partial charge is 0.493 e. The number of rotatable bonds is 8. The second-order valence-electron chi connectivity index (χ2n) is 6.47. The molecule has 1 aromatic heterocycles. The number of methoxy groups -OCH3 is 2. The van der Waals surface area contributed by atoms with E-state index in [-0.39, 0.29) is 6.03 Å². The zero-order chi connectivity index (χ0) is 21.5. The number of hydrogen-bond donors (Lipinski definition) is 1. The normalized spacial score (nSPS) is 10.5. The van der Waals surface area contributed by atoms with Gasteiger partial charge in [0, 0.05) is 11.4 Å². The van der Waals surface area contributed by atoms with Crippen LogP contribution in [0.1, 0.15) is 10.4 Å². The number of nitrogens with one attached hydrogen (secondary N) is 1. The molecule has 0 aliphatic heterocycles. The Kier molecular flexibility index (Phi) is 7.85. The molecule has 0 bridgehead atoms. The minimum Gasteiger partial charge on any atom is -0.493 e. The Balaban J connectivity index is 1.75. The summed E-state index contributed by atoms with van der Waals surface area (Å²) in [6.07, 6.45) is 0.655. The molecule has 2 amide bonds. The van der Waals surface area contributed by atoms with E-state index in [0.29, 0.717) is 46.7 Å². The molecule has 0 unspecified atom stereocenters. The van der Waals surface area contributed by atoms with E-state index in [0.717, 1.165) is 10.4 Å². The Morgan fingerprint density at radius 2 is 1.87 bits per heavy atom. The molecule has 0 aliphatic carbocycles. The molecule has 1 N–H and O–H groups in total. The number of thiophene rings is 1. The van der Waals surface area contributed by atoms with Gasteiger partial charge in [0.1, 0.15) is 0 Å². The molecule has 2 aromatic carbocycles. The standard InChI is InChI=1S/C22H22Cl2N2O3S/c1-28-19-9-8-15(13-20(19)29-2)10-11-26(14-16-5-4-12-30-16)22(27)25-18-7-3-6-17(23)21(18)24/h3-9,12-13H,10-11,14H2,1-2H3,(H,25,27). The second kappa shape index (κ2) is 10.6. The van der Waals surface area contributed by atoms with Crippen molar-refractivity contribution in [1.82, 2.24) is 4.90 Å². The van der Waals surface area contributed by atoms with Gasteiger partial charge in [-0.1, -0.05) is 41.4 Å². The van der Waals surface area contributed by atoms with E-state index < -0.39 is 0 Å². The van der Waals surface area contributed by atoms with Crippen LogP contribution in [0.25, 0.3) is 0 Å². The number of urea groups is 1. The number of ether oxygens (including phenoxy) is 2. The SMILES string of the molecule is COc1ccc(CCN(Cc2cccs2)C(=O)Nc2cccc(Cl)c2Cl)cc1OC. The van der Waals surface area contributed by atoms with Gasteiger partial charge in [0.25, 0.3) is 0 Å². The molecule has 0 saturated carbocycles. The zero-order valence-corrected chi connectivity index (χ0v) is 19.0. The highest BCUT2D eigenvalue weighted by Gasteiger charge is 2.17. The fourth-order valence-corrected chi connectivity index (χ4v) is 4.01. The number of anilines is 1. The molecule has 0 saturated heterocycles. The van der Waals surface area contributed by atoms with Gasteiger partial charge in [-0.15, -0.1) is 11.3 Å². The first-order chi connectivity index (χ1) is 14.5. The summed E-state index contributed by atoms with van der Waals surface area (Å²) in [6, 6.07) is 14.6. The lowest BCUT2D eigenvalue weighted by Gasteiger charge is -2.23. The Labute approximate surface area is 190 Å². The molecule has 3 aromatic rings. The predicted molar refractivity (Wildman–Crippen MR) is 123 cm³/mol. The van der Waals surface area contributed by atoms with Gasteiger partial charge < -0.3 is 19.7 Å². The number of carbonyl (C=O) groups excluding carboxylic acids is 1. The highest BCUT2D eigenvalue weighted by molar-refractivity contribution is 7.09. The van der Waals surface area contributed by atoms with Gasteiger partial charge in [-0.05, 0) is 47.7 Å². The summed E-state index contributed by atoms with van der Waals surface area (Å²) in [7, 11) is 3.21. The highest BCUT2D eigenvalue weighted by atomic mass is 35.5. The fraction of sp³-hybridized carbons (Fsp3) is 0.227. The van der Waals surface area contributed by atoms with Gasteiger partial charge in [-0.3, -0.25) is 0 Å². The first-order valence-corrected chi connectivity index (χ1v) is 10.9. The van der Waals surface area contributed by atoms with Crippen LogP contribution in [-0.4, -0.2) is 31.7 Å². The summed E-state index contributed by atoms with van der Waals surface area (Å²) in [5.41, 5.74) is 1.52. The van der Waals surface area contributed by atoms with Gasteiger partial charge in [0.2, 0.25) is 0 Å². The van der Waals surface area contributed by atoms with Crippen molar-refractivity contribution in [2.24, 2.45) is 0 Å². The van der Waals surface area contributed by atoms with E-state index >= 15 is 0 Å². The monoisotopic (exact) mass is 464 g/mol. The van der Waals surface area contributed by atoms with E-state index in [4.69, 9.17) is 32.7 Å². The van der Waals surface area contributed by atoms with Gasteiger partial charge in [0.15, 0.2) is 11.5 Å². The van der Waals surface area contributed by atoms with Crippen LogP contribution in [0.3, 0.4) is 0 Å². The molecular formula is C22H22Cl2N2O3S. The minimum atomic E-state index is -0.243. The summed E-state index contributed by atoms with van der Waals surface area (Å²) in [6.45, 7) is 1.01. The average Bonchev–Trinajstić information content (AvgIpc) is 3.27. The van der Waals surface area contributed by atoms with Crippen molar-refractivity contribution in [2.45, 2.75) is 13.0 Å². The number of benzene rings is 2. The Bertz CT molecular complexity index is 996. The maximum Gasteiger partial charge on any atom is 0.322 e. The first kappa shape index (κ1) is 22.3. The van der Waals surface area contributed by atoms with Crippen molar-refractivity contribution in [3.63, 3.8) is 0 Å². The molecule has 5 nitrogen and oxygen atoms in total. The Morgan fingerprint density at radius 3 is 2.57 bits per heavy atom. The van der Waals surface area contributed by atoms with Crippen LogP contribution in [0.15, 0.2) is 53.9 Å². The van der Waals surface area contributed by atoms with E-state index in [1.165, 1.54) is 0 Å². The topological polar surface area (TPSA) is 50.8 Å². The predicted octanol–water partition coefficient (Wildman–Crippen LogP) is 6.35. The van der Waals surface area contributed by atoms with Gasteiger partial charge in [-0.25, -0.2) is 4.79 Å². The lowest BCUT2D eigenvalue weighted by atomic mass is 10.1. The average molecular weight is 465 g/mol. The summed E-state index contributed by atoms with van der Waals surface area (Å²) in [4.78, 5) is 15.9. The maximum atomic E-state index is 13.0. The van der Waals surface area contributed by atoms with Crippen LogP contribution in [0.2, 0.25) is 10.0 Å². The summed E-state index contributed by atoms with van der Waals surface area (Å²) in [5, 5.41) is 5.58. The second-order valence-corrected chi connectivity index (χ2v) is 8.29. The summed E-state index contributed by atoms with van der Waals surface area (Å²) < 4.78 is 10.7. The van der Waals surface area contributed by atoms with Crippen LogP contribution in [0.4, 0.5) is 10.5 Å². The fourth-order valence-electron chi connectivity index (χ4n) is 2.94. The molecule has 3 rings (SSSR count). The lowest BCUT2D eigenvalue weighted by Crippen LogP contribution is -2.36. The quantitative estimate of drug-likeness (QED) is 0.422. The third-order valence-corrected chi connectivity index (χ3v) is 6.21. The molecule has 0 spiro atoms. The van der Waals surface area contributed by atoms with Crippen molar-refractivity contribution in [2.75, 3.05) is 26.1 Å². The minimum absolute atomic E-state index is 0.243. The Morgan fingerprint density at radius 1 is 1.07 bits per heavy atom. The molecule has 8 heteroatoms. The maximum absolute atomic E-state index is 13.0. The van der Waals surface area contributed by atoms with Crippen molar-refractivity contribution < 1.29 is 14.3 Å². The molecule has 0 fully saturated rings. The van der Waals surface area contributed by atoms with Crippen LogP contribution < -0.4 is 14.8 Å². The van der Waals surface area contributed by atoms with Gasteiger partial charge in [-0.2, -0.15) is 0 Å². The van der Waals surface area contributed by atoms with Crippen molar-refractivity contribution >= 4 is 46.3 Å². The van der Waals surface area contributed by atoms with Crippen LogP contribution in [-0.2, 0) is 13.0 Å². The summed E-state index contributed by atoms with van der Waals surface area (Å²) >= 11 is 13.9. The van der Waals surface area contributed by atoms with Crippen LogP contribution in [0.5, 0.6) is 11.5 Å². The van der Waals surface area contributed by atoms with Crippen molar-refractivity contribution in [1.29, 1.82) is 0 Å². The molecule has 1 heterocycles. The molecular weight excluding hydrogens is 443 g/mol. The van der Waals surface area contributed by atoms with E-state index in [2.05, 4.69) is 5.32 Å². The zero-order valence-electron chi connectivity index (χ0n) is 16.7. The number of halogens is 2. The molecule has 30 heavy (non-hydrogen) atoms. The number of carbonyl (C=O) groups is 1. The smallest absolute Gasteiger partial charge is 0.322 e. The van der Waals surface area contributed by atoms with Crippen molar-refractivity contribution in [3.8, 4) is 11.5 Å². The first-order valence-electron chi connectivity index (χ1n) is 9.25. The van der Waals surface area contributed by atoms with Crippen LogP contribution >= 0.6 is 34.5 Å². The molecule has 158 valence electrons. The third-order valence-electron chi connectivity index (χ3n) is 4.53. The Hall–Kier alpha value is -2.41. The molecule has 0 radical (unpaired) electrons. The van der Waals surface area contributed by atoms with E-state index in [1.807, 2.05) is 35.7 Å². The van der Waals surface area contributed by atoms with E-state index in [1.54, 1.807) is 48.7 Å². The third kappa shape index (κ3) is 5.59.